The Balaban J connectivity index is 1.36. The standard InChI is InChI=1S/C27H26N2O6/c1-18-5-3-4-6-24(18)35-23-13-11-22(12-14-23)28-25(31)15-16-27(33)34-17-26(32)29-21-9-7-20(8-10-21)19(2)30/h3-14H,15-17H2,1-2H3,(H,28,31)(H,29,32). The number of benzene rings is 3. The van der Waals surface area contributed by atoms with E-state index in [0.29, 0.717) is 22.7 Å². The monoisotopic (exact) mass is 474 g/mol. The largest absolute Gasteiger partial charge is 0.457 e. The van der Waals surface area contributed by atoms with Gasteiger partial charge in [-0.1, -0.05) is 18.2 Å². The van der Waals surface area contributed by atoms with Crippen LogP contribution in [-0.4, -0.2) is 30.2 Å². The smallest absolute Gasteiger partial charge is 0.306 e. The van der Waals surface area contributed by atoms with E-state index in [1.165, 1.54) is 6.92 Å². The van der Waals surface area contributed by atoms with Gasteiger partial charge in [0.05, 0.1) is 6.42 Å². The number of rotatable bonds is 10. The normalized spacial score (nSPS) is 10.2. The highest BCUT2D eigenvalue weighted by molar-refractivity contribution is 5.96. The first-order valence-corrected chi connectivity index (χ1v) is 11.0. The van der Waals surface area contributed by atoms with Crippen LogP contribution in [0.1, 0.15) is 35.7 Å². The third-order valence-electron chi connectivity index (χ3n) is 4.96. The topological polar surface area (TPSA) is 111 Å². The second-order valence-corrected chi connectivity index (χ2v) is 7.78. The third kappa shape index (κ3) is 8.12. The van der Waals surface area contributed by atoms with Crippen LogP contribution in [0.15, 0.2) is 72.8 Å². The Hall–Kier alpha value is -4.46. The zero-order valence-electron chi connectivity index (χ0n) is 19.5. The number of esters is 1. The van der Waals surface area contributed by atoms with E-state index in [2.05, 4.69) is 10.6 Å². The maximum Gasteiger partial charge on any atom is 0.306 e. The van der Waals surface area contributed by atoms with Crippen LogP contribution in [0, 0.1) is 6.92 Å². The van der Waals surface area contributed by atoms with Gasteiger partial charge in [-0.3, -0.25) is 19.2 Å². The molecule has 3 rings (SSSR count). The highest BCUT2D eigenvalue weighted by atomic mass is 16.5. The summed E-state index contributed by atoms with van der Waals surface area (Å²) in [6, 6.07) is 20.9. The average molecular weight is 475 g/mol. The van der Waals surface area contributed by atoms with Crippen molar-refractivity contribution in [1.82, 2.24) is 0 Å². The van der Waals surface area contributed by atoms with E-state index in [9.17, 15) is 19.2 Å². The van der Waals surface area contributed by atoms with Gasteiger partial charge in [-0.15, -0.1) is 0 Å². The molecular formula is C27H26N2O6. The van der Waals surface area contributed by atoms with Crippen molar-refractivity contribution < 1.29 is 28.7 Å². The fourth-order valence-electron chi connectivity index (χ4n) is 3.05. The van der Waals surface area contributed by atoms with Crippen LogP contribution in [-0.2, 0) is 19.1 Å². The summed E-state index contributed by atoms with van der Waals surface area (Å²) in [6.07, 6.45) is -0.255. The fourth-order valence-corrected chi connectivity index (χ4v) is 3.05. The molecule has 2 N–H and O–H groups in total. The number of ketones is 1. The van der Waals surface area contributed by atoms with Crippen molar-refractivity contribution in [2.45, 2.75) is 26.7 Å². The minimum atomic E-state index is -0.663. The lowest BCUT2D eigenvalue weighted by Crippen LogP contribution is -2.21. The lowest BCUT2D eigenvalue weighted by atomic mass is 10.1. The number of hydrogen-bond donors (Lipinski definition) is 2. The van der Waals surface area contributed by atoms with Gasteiger partial charge in [-0.05, 0) is 74.0 Å². The molecule has 0 unspecified atom stereocenters. The molecule has 0 aliphatic rings. The first kappa shape index (κ1) is 25.2. The number of nitrogens with one attached hydrogen (secondary N) is 2. The summed E-state index contributed by atoms with van der Waals surface area (Å²) in [7, 11) is 0. The summed E-state index contributed by atoms with van der Waals surface area (Å²) in [5, 5.41) is 5.27. The lowest BCUT2D eigenvalue weighted by molar-refractivity contribution is -0.147. The Kier molecular flexibility index (Phi) is 8.72. The number of Topliss-reactive ketones (excluding diaryl/α,β-unsaturated/α-hetero) is 1. The van der Waals surface area contributed by atoms with Crippen LogP contribution in [0.2, 0.25) is 0 Å². The summed E-state index contributed by atoms with van der Waals surface area (Å²) in [5.74, 6) is -0.235. The molecule has 0 radical (unpaired) electrons. The van der Waals surface area contributed by atoms with E-state index in [-0.39, 0.29) is 24.5 Å². The number of ether oxygens (including phenoxy) is 2. The molecule has 0 aliphatic heterocycles. The highest BCUT2D eigenvalue weighted by Crippen LogP contribution is 2.25. The van der Waals surface area contributed by atoms with E-state index in [1.807, 2.05) is 31.2 Å². The SMILES string of the molecule is CC(=O)c1ccc(NC(=O)COC(=O)CCC(=O)Nc2ccc(Oc3ccccc3C)cc2)cc1. The van der Waals surface area contributed by atoms with Crippen LogP contribution >= 0.6 is 0 Å². The predicted molar refractivity (Wildman–Crippen MR) is 132 cm³/mol. The molecule has 0 atom stereocenters. The number of hydrogen-bond acceptors (Lipinski definition) is 6. The fraction of sp³-hybridized carbons (Fsp3) is 0.185. The van der Waals surface area contributed by atoms with E-state index in [0.717, 1.165) is 11.3 Å². The van der Waals surface area contributed by atoms with E-state index in [1.54, 1.807) is 48.5 Å². The first-order valence-electron chi connectivity index (χ1n) is 11.0. The Morgan fingerprint density at radius 1 is 0.743 bits per heavy atom. The van der Waals surface area contributed by atoms with Crippen LogP contribution in [0.25, 0.3) is 0 Å². The van der Waals surface area contributed by atoms with Crippen molar-refractivity contribution in [2.75, 3.05) is 17.2 Å². The van der Waals surface area contributed by atoms with Crippen LogP contribution < -0.4 is 15.4 Å². The molecule has 0 spiro atoms. The molecule has 8 nitrogen and oxygen atoms in total. The molecule has 0 aromatic heterocycles. The van der Waals surface area contributed by atoms with Crippen molar-refractivity contribution in [3.05, 3.63) is 83.9 Å². The number of para-hydroxylation sites is 1. The van der Waals surface area contributed by atoms with Gasteiger partial charge in [-0.2, -0.15) is 0 Å². The minimum absolute atomic E-state index is 0.0787. The van der Waals surface area contributed by atoms with Gasteiger partial charge in [-0.25, -0.2) is 0 Å². The van der Waals surface area contributed by atoms with Gasteiger partial charge in [0.25, 0.3) is 5.91 Å². The van der Waals surface area contributed by atoms with Gasteiger partial charge in [0.2, 0.25) is 5.91 Å². The van der Waals surface area contributed by atoms with E-state index >= 15 is 0 Å². The molecule has 2 amide bonds. The molecule has 3 aromatic carbocycles. The summed E-state index contributed by atoms with van der Waals surface area (Å²) in [4.78, 5) is 47.2. The molecule has 0 saturated heterocycles. The number of carbonyl (C=O) groups is 4. The van der Waals surface area contributed by atoms with Crippen molar-refractivity contribution in [1.29, 1.82) is 0 Å². The molecular weight excluding hydrogens is 448 g/mol. The summed E-state index contributed by atoms with van der Waals surface area (Å²) in [5.41, 5.74) is 2.58. The molecule has 8 heteroatoms. The quantitative estimate of drug-likeness (QED) is 0.320. The summed E-state index contributed by atoms with van der Waals surface area (Å²) in [6.45, 7) is 2.93. The highest BCUT2D eigenvalue weighted by Gasteiger charge is 2.11. The summed E-state index contributed by atoms with van der Waals surface area (Å²) >= 11 is 0. The Labute approximate surface area is 203 Å². The second-order valence-electron chi connectivity index (χ2n) is 7.78. The number of aryl methyl sites for hydroxylation is 1. The molecule has 0 aliphatic carbocycles. The predicted octanol–water partition coefficient (Wildman–Crippen LogP) is 4.89. The van der Waals surface area contributed by atoms with Gasteiger partial charge in [0, 0.05) is 23.4 Å². The maximum absolute atomic E-state index is 12.1. The first-order chi connectivity index (χ1) is 16.8. The zero-order chi connectivity index (χ0) is 25.2. The van der Waals surface area contributed by atoms with E-state index < -0.39 is 18.5 Å². The van der Waals surface area contributed by atoms with Crippen LogP contribution in [0.5, 0.6) is 11.5 Å². The molecule has 3 aromatic rings. The molecule has 0 bridgehead atoms. The third-order valence-corrected chi connectivity index (χ3v) is 4.96. The number of anilines is 2. The number of carbonyl (C=O) groups excluding carboxylic acids is 4. The Morgan fingerprint density at radius 2 is 1.34 bits per heavy atom. The van der Waals surface area contributed by atoms with E-state index in [4.69, 9.17) is 9.47 Å². The second kappa shape index (κ2) is 12.1. The van der Waals surface area contributed by atoms with Crippen LogP contribution in [0.4, 0.5) is 11.4 Å². The van der Waals surface area contributed by atoms with Gasteiger partial charge >= 0.3 is 5.97 Å². The van der Waals surface area contributed by atoms with Gasteiger partial charge in [0.15, 0.2) is 12.4 Å². The minimum Gasteiger partial charge on any atom is -0.457 e. The zero-order valence-corrected chi connectivity index (χ0v) is 19.5. The maximum atomic E-state index is 12.1. The molecule has 0 heterocycles. The number of amides is 2. The average Bonchev–Trinajstić information content (AvgIpc) is 2.84. The van der Waals surface area contributed by atoms with Crippen molar-refractivity contribution >= 4 is 34.9 Å². The van der Waals surface area contributed by atoms with Gasteiger partial charge < -0.3 is 20.1 Å². The van der Waals surface area contributed by atoms with Crippen molar-refractivity contribution in [3.8, 4) is 11.5 Å². The Morgan fingerprint density at radius 3 is 1.97 bits per heavy atom. The molecule has 35 heavy (non-hydrogen) atoms. The van der Waals surface area contributed by atoms with Crippen molar-refractivity contribution in [2.24, 2.45) is 0 Å². The molecule has 0 fully saturated rings. The van der Waals surface area contributed by atoms with Crippen LogP contribution in [0.3, 0.4) is 0 Å². The summed E-state index contributed by atoms with van der Waals surface area (Å²) < 4.78 is 10.7. The van der Waals surface area contributed by atoms with Crippen molar-refractivity contribution in [3.63, 3.8) is 0 Å². The molecule has 0 saturated carbocycles. The Bertz CT molecular complexity index is 1200. The molecule has 180 valence electrons. The lowest BCUT2D eigenvalue weighted by Gasteiger charge is -2.10. The van der Waals surface area contributed by atoms with Gasteiger partial charge in [0.1, 0.15) is 11.5 Å².